The van der Waals surface area contributed by atoms with Crippen molar-refractivity contribution in [2.75, 3.05) is 0 Å². The summed E-state index contributed by atoms with van der Waals surface area (Å²) in [7, 11) is 0. The molecule has 0 amide bonds. The fourth-order valence-electron chi connectivity index (χ4n) is 2.28. The van der Waals surface area contributed by atoms with Crippen LogP contribution in [0.1, 0.15) is 11.1 Å². The number of benzene rings is 2. The Morgan fingerprint density at radius 3 is 1.90 bits per heavy atom. The quantitative estimate of drug-likeness (QED) is 0.798. The van der Waals surface area contributed by atoms with Gasteiger partial charge in [-0.2, -0.15) is 0 Å². The highest BCUT2D eigenvalue weighted by Crippen LogP contribution is 2.44. The minimum atomic E-state index is 0.0286. The Labute approximate surface area is 136 Å². The van der Waals surface area contributed by atoms with Gasteiger partial charge in [-0.15, -0.1) is 0 Å². The molecule has 0 fully saturated rings. The average molecular weight is 331 g/mol. The Morgan fingerprint density at radius 1 is 0.762 bits per heavy atom. The number of thioether (sulfide) groups is 2. The van der Waals surface area contributed by atoms with E-state index in [1.807, 2.05) is 54.2 Å². The highest BCUT2D eigenvalue weighted by Gasteiger charge is 2.37. The van der Waals surface area contributed by atoms with Crippen LogP contribution in [-0.2, 0) is 0 Å². The van der Waals surface area contributed by atoms with Crippen molar-refractivity contribution in [3.8, 4) is 0 Å². The van der Waals surface area contributed by atoms with E-state index < -0.39 is 0 Å². The van der Waals surface area contributed by atoms with E-state index in [0.717, 1.165) is 20.7 Å². The van der Waals surface area contributed by atoms with Gasteiger partial charge < -0.3 is 0 Å². The third-order valence-corrected chi connectivity index (χ3v) is 6.22. The molecule has 0 N–H and O–H groups in total. The highest BCUT2D eigenvalue weighted by molar-refractivity contribution is 8.31. The van der Waals surface area contributed by atoms with Crippen LogP contribution in [0.15, 0.2) is 64.6 Å². The summed E-state index contributed by atoms with van der Waals surface area (Å²) in [6.45, 7) is 0. The van der Waals surface area contributed by atoms with Gasteiger partial charge in [0.25, 0.3) is 0 Å². The summed E-state index contributed by atoms with van der Waals surface area (Å²) in [6, 6.07) is 18.1. The lowest BCUT2D eigenvalue weighted by molar-refractivity contribution is 0.809. The molecule has 2 aliphatic heterocycles. The molecule has 104 valence electrons. The number of hydrogen-bond donors (Lipinski definition) is 0. The molecule has 0 bridgehead atoms. The topological polar surface area (TPSA) is 24.7 Å². The van der Waals surface area contributed by atoms with Crippen molar-refractivity contribution in [3.05, 3.63) is 70.7 Å². The first-order valence-corrected chi connectivity index (χ1v) is 8.73. The van der Waals surface area contributed by atoms with Gasteiger partial charge in [0, 0.05) is 16.1 Å². The van der Waals surface area contributed by atoms with Gasteiger partial charge in [-0.05, 0) is 12.1 Å². The molecule has 2 aromatic carbocycles. The molecule has 2 aromatic rings. The van der Waals surface area contributed by atoms with Crippen molar-refractivity contribution in [1.29, 1.82) is 0 Å². The normalized spacial score (nSPS) is 23.7. The smallest absolute Gasteiger partial charge is 0.163 e. The van der Waals surface area contributed by atoms with E-state index in [1.54, 1.807) is 11.8 Å². The number of nitrogens with zero attached hydrogens (tertiary/aromatic N) is 2. The fraction of sp³-hybridized carbons (Fsp3) is 0.125. The van der Waals surface area contributed by atoms with Crippen LogP contribution in [0, 0.1) is 0 Å². The van der Waals surface area contributed by atoms with Crippen LogP contribution in [-0.4, -0.2) is 20.8 Å². The third kappa shape index (κ3) is 2.63. The van der Waals surface area contributed by atoms with Crippen LogP contribution in [0.4, 0.5) is 0 Å². The maximum absolute atomic E-state index is 5.93. The van der Waals surface area contributed by atoms with E-state index in [-0.39, 0.29) is 6.17 Å². The molecule has 0 aliphatic carbocycles. The third-order valence-electron chi connectivity index (χ3n) is 3.31. The molecule has 0 unspecified atom stereocenters. The van der Waals surface area contributed by atoms with Gasteiger partial charge in [0.15, 0.2) is 6.17 Å². The average Bonchev–Trinajstić information content (AvgIpc) is 3.07. The Hall–Kier alpha value is -1.23. The minimum Gasteiger partial charge on any atom is -0.249 e. The van der Waals surface area contributed by atoms with Crippen molar-refractivity contribution in [3.63, 3.8) is 0 Å². The van der Waals surface area contributed by atoms with Crippen LogP contribution in [0.5, 0.6) is 0 Å². The van der Waals surface area contributed by atoms with E-state index in [9.17, 15) is 0 Å². The molecule has 2 atom stereocenters. The second-order valence-corrected chi connectivity index (χ2v) is 7.75. The van der Waals surface area contributed by atoms with Crippen molar-refractivity contribution in [2.24, 2.45) is 9.98 Å². The summed E-state index contributed by atoms with van der Waals surface area (Å²) in [5.41, 5.74) is 2.30. The molecule has 4 rings (SSSR count). The molecule has 2 nitrogen and oxygen atoms in total. The van der Waals surface area contributed by atoms with Crippen molar-refractivity contribution in [2.45, 2.75) is 10.7 Å². The molecule has 21 heavy (non-hydrogen) atoms. The van der Waals surface area contributed by atoms with E-state index in [0.29, 0.717) is 4.58 Å². The predicted octanol–water partition coefficient (Wildman–Crippen LogP) is 4.68. The van der Waals surface area contributed by atoms with E-state index in [1.165, 1.54) is 5.56 Å². The largest absolute Gasteiger partial charge is 0.249 e. The molecule has 0 saturated carbocycles. The minimum absolute atomic E-state index is 0.0286. The van der Waals surface area contributed by atoms with E-state index >= 15 is 0 Å². The van der Waals surface area contributed by atoms with Crippen molar-refractivity contribution < 1.29 is 0 Å². The number of hydrogen-bond acceptors (Lipinski definition) is 4. The van der Waals surface area contributed by atoms with Gasteiger partial charge in [0.2, 0.25) is 0 Å². The molecule has 0 saturated heterocycles. The molecule has 2 heterocycles. The van der Waals surface area contributed by atoms with Gasteiger partial charge in [-0.25, -0.2) is 9.98 Å². The van der Waals surface area contributed by atoms with Crippen LogP contribution >= 0.6 is 35.1 Å². The predicted molar refractivity (Wildman–Crippen MR) is 93.7 cm³/mol. The van der Waals surface area contributed by atoms with Crippen LogP contribution < -0.4 is 0 Å². The van der Waals surface area contributed by atoms with Crippen molar-refractivity contribution >= 4 is 45.2 Å². The summed E-state index contributed by atoms with van der Waals surface area (Å²) in [5.74, 6) is 0. The van der Waals surface area contributed by atoms with Crippen LogP contribution in [0.3, 0.4) is 0 Å². The summed E-state index contributed by atoms with van der Waals surface area (Å²) in [5, 5.41) is 2.91. The Morgan fingerprint density at radius 2 is 1.33 bits per heavy atom. The first-order chi connectivity index (χ1) is 10.3. The van der Waals surface area contributed by atoms with Gasteiger partial charge in [0.05, 0.1) is 0 Å². The zero-order chi connectivity index (χ0) is 14.2. The number of aliphatic imine (C=N–C) groups is 2. The number of fused-ring (bicyclic) bond motifs is 1. The summed E-state index contributed by atoms with van der Waals surface area (Å²) < 4.78 is 0.353. The summed E-state index contributed by atoms with van der Waals surface area (Å²) in [6.07, 6.45) is 0.0286. The second-order valence-electron chi connectivity index (χ2n) is 4.76. The maximum Gasteiger partial charge on any atom is 0.163 e. The lowest BCUT2D eigenvalue weighted by atomic mass is 10.2. The van der Waals surface area contributed by atoms with Crippen molar-refractivity contribution in [1.82, 2.24) is 0 Å². The monoisotopic (exact) mass is 330 g/mol. The Balaban J connectivity index is 1.59. The zero-order valence-corrected chi connectivity index (χ0v) is 13.3. The van der Waals surface area contributed by atoms with Gasteiger partial charge in [-0.1, -0.05) is 77.6 Å². The standard InChI is InChI=1S/C16H11ClN2S2/c17-12-8-6-11(7-9-12)15-19-13-16(21-15)20-14(18-13)10-4-2-1-3-5-10/h1-9,13,16H/t13-,16-/m1/s1. The lowest BCUT2D eigenvalue weighted by Gasteiger charge is -2.05. The number of halogens is 1. The Bertz CT molecular complexity index is 726. The molecule has 0 spiro atoms. The molecular weight excluding hydrogens is 320 g/mol. The number of rotatable bonds is 2. The lowest BCUT2D eigenvalue weighted by Crippen LogP contribution is -2.03. The van der Waals surface area contributed by atoms with Crippen LogP contribution in [0.25, 0.3) is 0 Å². The first-order valence-electron chi connectivity index (χ1n) is 6.60. The highest BCUT2D eigenvalue weighted by atomic mass is 35.5. The summed E-state index contributed by atoms with van der Waals surface area (Å²) in [4.78, 5) is 9.51. The van der Waals surface area contributed by atoms with Gasteiger partial charge in [0.1, 0.15) is 14.7 Å². The Kier molecular flexibility index (Phi) is 3.53. The molecule has 0 aromatic heterocycles. The molecule has 5 heteroatoms. The molecule has 0 radical (unpaired) electrons. The molecule has 2 aliphatic rings. The maximum atomic E-state index is 5.93. The SMILES string of the molecule is Clc1ccc(C2=N[C@H]3N=C(c4ccccc4)S[C@@H]3S2)cc1. The molecular formula is C16H11ClN2S2. The first kappa shape index (κ1) is 13.4. The second kappa shape index (κ2) is 5.52. The van der Waals surface area contributed by atoms with E-state index in [2.05, 4.69) is 12.1 Å². The zero-order valence-electron chi connectivity index (χ0n) is 10.9. The van der Waals surface area contributed by atoms with E-state index in [4.69, 9.17) is 21.6 Å². The summed E-state index contributed by atoms with van der Waals surface area (Å²) >= 11 is 9.53. The van der Waals surface area contributed by atoms with Gasteiger partial charge in [-0.3, -0.25) is 0 Å². The van der Waals surface area contributed by atoms with Crippen LogP contribution in [0.2, 0.25) is 5.02 Å². The fourth-order valence-corrected chi connectivity index (χ4v) is 4.95. The van der Waals surface area contributed by atoms with Gasteiger partial charge >= 0.3 is 0 Å².